The van der Waals surface area contributed by atoms with Crippen LogP contribution in [0.4, 0.5) is 5.69 Å². The van der Waals surface area contributed by atoms with Crippen LogP contribution >= 0.6 is 23.8 Å². The van der Waals surface area contributed by atoms with Gasteiger partial charge >= 0.3 is 0 Å². The number of carbonyl (C=O) groups excluding carboxylic acids is 1. The topological polar surface area (TPSA) is 88.2 Å². The number of amides is 1. The summed E-state index contributed by atoms with van der Waals surface area (Å²) in [5, 5.41) is 3.76. The quantitative estimate of drug-likeness (QED) is 0.436. The molecular formula is C19H16ClN5O2S. The fourth-order valence-corrected chi connectivity index (χ4v) is 2.48. The Bertz CT molecular complexity index is 954. The van der Waals surface area contributed by atoms with Crippen molar-refractivity contribution < 1.29 is 9.53 Å². The molecule has 3 rings (SSSR count). The molecule has 0 aliphatic rings. The van der Waals surface area contributed by atoms with E-state index in [9.17, 15) is 4.79 Å². The molecule has 0 fully saturated rings. The Morgan fingerprint density at radius 3 is 2.54 bits per heavy atom. The molecule has 0 radical (unpaired) electrons. The fourth-order valence-electron chi connectivity index (χ4n) is 2.19. The van der Waals surface area contributed by atoms with E-state index in [4.69, 9.17) is 28.6 Å². The van der Waals surface area contributed by atoms with Gasteiger partial charge in [-0.1, -0.05) is 11.6 Å². The Balaban J connectivity index is 1.56. The van der Waals surface area contributed by atoms with Crippen LogP contribution in [0.15, 0.2) is 67.1 Å². The smallest absolute Gasteiger partial charge is 0.292 e. The number of nitrogens with zero attached hydrogens (tertiary/aromatic N) is 2. The lowest BCUT2D eigenvalue weighted by molar-refractivity contribution is 0.0934. The number of nitrogens with one attached hydrogen (secondary N) is 3. The average molecular weight is 414 g/mol. The van der Waals surface area contributed by atoms with Gasteiger partial charge in [-0.3, -0.25) is 20.6 Å². The first kappa shape index (κ1) is 19.5. The van der Waals surface area contributed by atoms with E-state index in [0.717, 1.165) is 11.3 Å². The van der Waals surface area contributed by atoms with Crippen molar-refractivity contribution in [1.82, 2.24) is 20.8 Å². The average Bonchev–Trinajstić information content (AvgIpc) is 2.73. The number of benzene rings is 1. The summed E-state index contributed by atoms with van der Waals surface area (Å²) < 4.78 is 5.72. The second kappa shape index (κ2) is 9.63. The third-order valence-electron chi connectivity index (χ3n) is 3.52. The predicted molar refractivity (Wildman–Crippen MR) is 111 cm³/mol. The molecule has 0 aliphatic heterocycles. The molecule has 9 heteroatoms. The number of hydrazine groups is 1. The summed E-state index contributed by atoms with van der Waals surface area (Å²) in [6.07, 6.45) is 4.86. The number of halogens is 1. The van der Waals surface area contributed by atoms with Gasteiger partial charge in [0.15, 0.2) is 16.6 Å². The number of thiocarbonyl (C=S) groups is 1. The van der Waals surface area contributed by atoms with Crippen LogP contribution in [0.5, 0.6) is 5.75 Å². The van der Waals surface area contributed by atoms with Crippen LogP contribution in [0.3, 0.4) is 0 Å². The molecule has 2 aromatic heterocycles. The molecule has 142 valence electrons. The van der Waals surface area contributed by atoms with Crippen LogP contribution in [0.2, 0.25) is 5.02 Å². The Morgan fingerprint density at radius 1 is 1.04 bits per heavy atom. The summed E-state index contributed by atoms with van der Waals surface area (Å²) in [6.45, 7) is 0.290. The van der Waals surface area contributed by atoms with Gasteiger partial charge in [-0.2, -0.15) is 0 Å². The standard InChI is InChI=1S/C19H16ClN5O2S/c20-14-3-5-15(6-4-14)23-19(28)25-24-18(26)17-16(2-1-9-22-17)27-12-13-7-10-21-11-8-13/h1-11H,12H2,(H,24,26)(H2,23,25,28). The summed E-state index contributed by atoms with van der Waals surface area (Å²) in [7, 11) is 0. The molecule has 0 saturated carbocycles. The molecule has 0 spiro atoms. The lowest BCUT2D eigenvalue weighted by Gasteiger charge is -2.13. The minimum absolute atomic E-state index is 0.137. The van der Waals surface area contributed by atoms with Crippen molar-refractivity contribution in [3.8, 4) is 5.75 Å². The van der Waals surface area contributed by atoms with Gasteiger partial charge in [0.2, 0.25) is 0 Å². The number of anilines is 1. The Kier molecular flexibility index (Phi) is 6.72. The molecule has 28 heavy (non-hydrogen) atoms. The third kappa shape index (κ3) is 5.63. The summed E-state index contributed by atoms with van der Waals surface area (Å²) in [5.74, 6) is -0.124. The van der Waals surface area contributed by atoms with Crippen LogP contribution < -0.4 is 20.9 Å². The van der Waals surface area contributed by atoms with Crippen molar-refractivity contribution in [2.75, 3.05) is 5.32 Å². The van der Waals surface area contributed by atoms with E-state index in [1.165, 1.54) is 6.20 Å². The molecule has 0 bridgehead atoms. The maximum atomic E-state index is 12.4. The van der Waals surface area contributed by atoms with Gasteiger partial charge in [-0.05, 0) is 66.3 Å². The summed E-state index contributed by atoms with van der Waals surface area (Å²) >= 11 is 11.0. The van der Waals surface area contributed by atoms with E-state index in [2.05, 4.69) is 26.1 Å². The second-order valence-corrected chi connectivity index (χ2v) is 6.38. The molecule has 0 atom stereocenters. The van der Waals surface area contributed by atoms with Gasteiger partial charge in [0.25, 0.3) is 5.91 Å². The van der Waals surface area contributed by atoms with Gasteiger partial charge < -0.3 is 10.1 Å². The maximum Gasteiger partial charge on any atom is 0.292 e. The van der Waals surface area contributed by atoms with Crippen molar-refractivity contribution in [2.45, 2.75) is 6.61 Å². The zero-order valence-corrected chi connectivity index (χ0v) is 16.1. The SMILES string of the molecule is O=C(NNC(=S)Nc1ccc(Cl)cc1)c1ncccc1OCc1ccncc1. The Morgan fingerprint density at radius 2 is 1.79 bits per heavy atom. The minimum Gasteiger partial charge on any atom is -0.486 e. The van der Waals surface area contributed by atoms with Gasteiger partial charge in [-0.15, -0.1) is 0 Å². The van der Waals surface area contributed by atoms with Gasteiger partial charge in [-0.25, -0.2) is 4.98 Å². The summed E-state index contributed by atoms with van der Waals surface area (Å²) in [4.78, 5) is 20.5. The van der Waals surface area contributed by atoms with E-state index in [1.807, 2.05) is 12.1 Å². The molecule has 0 unspecified atom stereocenters. The monoisotopic (exact) mass is 413 g/mol. The zero-order chi connectivity index (χ0) is 19.8. The van der Waals surface area contributed by atoms with Crippen LogP contribution in [0.1, 0.15) is 16.1 Å². The highest BCUT2D eigenvalue weighted by Crippen LogP contribution is 2.17. The molecule has 3 N–H and O–H groups in total. The van der Waals surface area contributed by atoms with E-state index < -0.39 is 5.91 Å². The van der Waals surface area contributed by atoms with Gasteiger partial charge in [0, 0.05) is 29.3 Å². The third-order valence-corrected chi connectivity index (χ3v) is 3.98. The number of carbonyl (C=O) groups is 1. The molecule has 1 aromatic carbocycles. The highest BCUT2D eigenvalue weighted by molar-refractivity contribution is 7.80. The minimum atomic E-state index is -0.481. The first-order valence-electron chi connectivity index (χ1n) is 8.21. The number of hydrogen-bond acceptors (Lipinski definition) is 5. The molecule has 1 amide bonds. The summed E-state index contributed by atoms with van der Waals surface area (Å²) in [6, 6.07) is 14.0. The first-order valence-corrected chi connectivity index (χ1v) is 9.00. The number of hydrogen-bond donors (Lipinski definition) is 3. The first-order chi connectivity index (χ1) is 13.6. The van der Waals surface area contributed by atoms with Crippen molar-refractivity contribution in [2.24, 2.45) is 0 Å². The number of ether oxygens (including phenoxy) is 1. The fraction of sp³-hybridized carbons (Fsp3) is 0.0526. The van der Waals surface area contributed by atoms with Crippen LogP contribution in [-0.2, 0) is 6.61 Å². The highest BCUT2D eigenvalue weighted by atomic mass is 35.5. The molecule has 3 aromatic rings. The Hall–Kier alpha value is -3.23. The number of rotatable bonds is 5. The maximum absolute atomic E-state index is 12.4. The molecular weight excluding hydrogens is 398 g/mol. The van der Waals surface area contributed by atoms with Crippen molar-refractivity contribution in [3.05, 3.63) is 83.4 Å². The summed E-state index contributed by atoms with van der Waals surface area (Å²) in [5.41, 5.74) is 6.92. The van der Waals surface area contributed by atoms with Crippen molar-refractivity contribution >= 4 is 40.5 Å². The van der Waals surface area contributed by atoms with E-state index >= 15 is 0 Å². The lowest BCUT2D eigenvalue weighted by atomic mass is 10.3. The highest BCUT2D eigenvalue weighted by Gasteiger charge is 2.14. The molecule has 2 heterocycles. The Labute approximate surface area is 172 Å². The van der Waals surface area contributed by atoms with Crippen LogP contribution in [0, 0.1) is 0 Å². The zero-order valence-electron chi connectivity index (χ0n) is 14.6. The van der Waals surface area contributed by atoms with Crippen LogP contribution in [0.25, 0.3) is 0 Å². The molecule has 0 saturated heterocycles. The van der Waals surface area contributed by atoms with Gasteiger partial charge in [0.1, 0.15) is 6.61 Å². The number of pyridine rings is 2. The van der Waals surface area contributed by atoms with Gasteiger partial charge in [0.05, 0.1) is 0 Å². The van der Waals surface area contributed by atoms with E-state index in [0.29, 0.717) is 17.4 Å². The van der Waals surface area contributed by atoms with Crippen LogP contribution in [-0.4, -0.2) is 21.0 Å². The van der Waals surface area contributed by atoms with Crippen molar-refractivity contribution in [3.63, 3.8) is 0 Å². The molecule has 0 aliphatic carbocycles. The second-order valence-electron chi connectivity index (χ2n) is 5.53. The lowest BCUT2D eigenvalue weighted by Crippen LogP contribution is -2.44. The van der Waals surface area contributed by atoms with Crippen molar-refractivity contribution in [1.29, 1.82) is 0 Å². The van der Waals surface area contributed by atoms with E-state index in [1.54, 1.807) is 48.8 Å². The number of aromatic nitrogens is 2. The largest absolute Gasteiger partial charge is 0.486 e. The van der Waals surface area contributed by atoms with E-state index in [-0.39, 0.29) is 10.8 Å². The molecule has 7 nitrogen and oxygen atoms in total. The predicted octanol–water partition coefficient (Wildman–Crippen LogP) is 3.34. The normalized spacial score (nSPS) is 10.0.